The van der Waals surface area contributed by atoms with Crippen LogP contribution in [0.25, 0.3) is 0 Å². The fourth-order valence-electron chi connectivity index (χ4n) is 2.44. The van der Waals surface area contributed by atoms with Crippen molar-refractivity contribution in [2.75, 3.05) is 12.4 Å². The lowest BCUT2D eigenvalue weighted by molar-refractivity contribution is -0.144. The minimum Gasteiger partial charge on any atom is -0.465 e. The molecule has 0 amide bonds. The van der Waals surface area contributed by atoms with Gasteiger partial charge in [-0.3, -0.25) is 4.79 Å². The standard InChI is InChI=1S/C19H29FO2S/c1-4-7-9-15(5-2)14-22-19(21)12-13-23-18-11-8-10-17(20)16(18)6-3/h8,10-11,15H,4-7,9,12-14H2,1-3H3. The smallest absolute Gasteiger partial charge is 0.306 e. The van der Waals surface area contributed by atoms with Crippen LogP contribution in [0.2, 0.25) is 0 Å². The number of carbonyl (C=O) groups excluding carboxylic acids is 1. The monoisotopic (exact) mass is 340 g/mol. The average Bonchev–Trinajstić information content (AvgIpc) is 2.55. The van der Waals surface area contributed by atoms with Crippen LogP contribution in [0.3, 0.4) is 0 Å². The number of carbonyl (C=O) groups is 1. The Bertz CT molecular complexity index is 476. The van der Waals surface area contributed by atoms with E-state index in [9.17, 15) is 9.18 Å². The van der Waals surface area contributed by atoms with Gasteiger partial charge in [0.1, 0.15) is 5.82 Å². The molecule has 23 heavy (non-hydrogen) atoms. The van der Waals surface area contributed by atoms with Crippen LogP contribution in [0.5, 0.6) is 0 Å². The van der Waals surface area contributed by atoms with E-state index in [-0.39, 0.29) is 11.8 Å². The zero-order valence-corrected chi connectivity index (χ0v) is 15.4. The molecule has 0 saturated heterocycles. The Morgan fingerprint density at radius 1 is 1.30 bits per heavy atom. The minimum absolute atomic E-state index is 0.151. The number of hydrogen-bond donors (Lipinski definition) is 0. The van der Waals surface area contributed by atoms with Crippen LogP contribution in [0, 0.1) is 11.7 Å². The highest BCUT2D eigenvalue weighted by Gasteiger charge is 2.11. The zero-order valence-electron chi connectivity index (χ0n) is 14.6. The Morgan fingerprint density at radius 3 is 2.74 bits per heavy atom. The highest BCUT2D eigenvalue weighted by Crippen LogP contribution is 2.26. The summed E-state index contributed by atoms with van der Waals surface area (Å²) in [6.45, 7) is 6.78. The molecule has 0 aliphatic carbocycles. The third kappa shape index (κ3) is 7.38. The zero-order chi connectivity index (χ0) is 17.1. The second kappa shape index (κ2) is 11.5. The number of hydrogen-bond acceptors (Lipinski definition) is 3. The van der Waals surface area contributed by atoms with Crippen LogP contribution in [0.4, 0.5) is 4.39 Å². The van der Waals surface area contributed by atoms with Crippen molar-refractivity contribution in [1.82, 2.24) is 0 Å². The van der Waals surface area contributed by atoms with Gasteiger partial charge in [0.15, 0.2) is 0 Å². The van der Waals surface area contributed by atoms with Crippen LogP contribution < -0.4 is 0 Å². The van der Waals surface area contributed by atoms with Crippen molar-refractivity contribution in [2.24, 2.45) is 5.92 Å². The Balaban J connectivity index is 2.33. The maximum Gasteiger partial charge on any atom is 0.306 e. The first-order valence-electron chi connectivity index (χ1n) is 8.68. The van der Waals surface area contributed by atoms with Crippen LogP contribution in [-0.4, -0.2) is 18.3 Å². The summed E-state index contributed by atoms with van der Waals surface area (Å²) in [6.07, 6.45) is 5.56. The Morgan fingerprint density at radius 2 is 2.09 bits per heavy atom. The highest BCUT2D eigenvalue weighted by molar-refractivity contribution is 7.99. The SMILES string of the molecule is CCCCC(CC)COC(=O)CCSc1cccc(F)c1CC. The molecule has 4 heteroatoms. The van der Waals surface area contributed by atoms with Gasteiger partial charge in [-0.15, -0.1) is 11.8 Å². The van der Waals surface area contributed by atoms with Crippen LogP contribution in [0.1, 0.15) is 58.4 Å². The first-order chi connectivity index (χ1) is 11.1. The molecule has 0 aliphatic heterocycles. The lowest BCUT2D eigenvalue weighted by atomic mass is 10.0. The molecule has 0 aromatic heterocycles. The summed E-state index contributed by atoms with van der Waals surface area (Å²) in [4.78, 5) is 12.8. The molecule has 0 heterocycles. The van der Waals surface area contributed by atoms with Crippen LogP contribution in [-0.2, 0) is 16.0 Å². The molecule has 0 aliphatic rings. The molecule has 0 bridgehead atoms. The van der Waals surface area contributed by atoms with Gasteiger partial charge in [-0.2, -0.15) is 0 Å². The van der Waals surface area contributed by atoms with Gasteiger partial charge >= 0.3 is 5.97 Å². The first-order valence-corrected chi connectivity index (χ1v) is 9.66. The van der Waals surface area contributed by atoms with E-state index in [0.29, 0.717) is 31.1 Å². The molecular weight excluding hydrogens is 311 g/mol. The summed E-state index contributed by atoms with van der Waals surface area (Å²) < 4.78 is 19.1. The first kappa shape index (κ1) is 20.0. The van der Waals surface area contributed by atoms with E-state index in [1.165, 1.54) is 30.7 Å². The number of benzene rings is 1. The van der Waals surface area contributed by atoms with Crippen molar-refractivity contribution >= 4 is 17.7 Å². The largest absolute Gasteiger partial charge is 0.465 e. The van der Waals surface area contributed by atoms with Crippen molar-refractivity contribution in [3.63, 3.8) is 0 Å². The molecule has 0 N–H and O–H groups in total. The van der Waals surface area contributed by atoms with Gasteiger partial charge in [0.25, 0.3) is 0 Å². The fourth-order valence-corrected chi connectivity index (χ4v) is 3.52. The molecule has 0 spiro atoms. The molecule has 1 aromatic rings. The van der Waals surface area contributed by atoms with E-state index < -0.39 is 0 Å². The maximum atomic E-state index is 13.7. The Hall–Kier alpha value is -1.03. The molecule has 0 saturated carbocycles. The van der Waals surface area contributed by atoms with Crippen LogP contribution >= 0.6 is 11.8 Å². The topological polar surface area (TPSA) is 26.3 Å². The second-order valence-electron chi connectivity index (χ2n) is 5.77. The summed E-state index contributed by atoms with van der Waals surface area (Å²) in [6, 6.07) is 5.11. The summed E-state index contributed by atoms with van der Waals surface area (Å²) in [5, 5.41) is 0. The number of unbranched alkanes of at least 4 members (excludes halogenated alkanes) is 1. The number of halogens is 1. The number of esters is 1. The quantitative estimate of drug-likeness (QED) is 0.386. The third-order valence-corrected chi connectivity index (χ3v) is 5.12. The molecule has 130 valence electrons. The van der Waals surface area contributed by atoms with Gasteiger partial charge in [-0.05, 0) is 30.9 Å². The predicted molar refractivity (Wildman–Crippen MR) is 95.4 cm³/mol. The molecule has 0 radical (unpaired) electrons. The van der Waals surface area contributed by atoms with Gasteiger partial charge in [0.2, 0.25) is 0 Å². The van der Waals surface area contributed by atoms with E-state index in [2.05, 4.69) is 13.8 Å². The van der Waals surface area contributed by atoms with Gasteiger partial charge in [-0.1, -0.05) is 46.1 Å². The average molecular weight is 341 g/mol. The van der Waals surface area contributed by atoms with E-state index in [1.807, 2.05) is 13.0 Å². The molecule has 1 atom stereocenters. The summed E-state index contributed by atoms with van der Waals surface area (Å²) >= 11 is 1.53. The maximum absolute atomic E-state index is 13.7. The fraction of sp³-hybridized carbons (Fsp3) is 0.632. The van der Waals surface area contributed by atoms with Gasteiger partial charge in [0, 0.05) is 16.2 Å². The predicted octanol–water partition coefficient (Wildman–Crippen LogP) is 5.63. The van der Waals surface area contributed by atoms with Crippen molar-refractivity contribution < 1.29 is 13.9 Å². The third-order valence-electron chi connectivity index (χ3n) is 4.02. The van der Waals surface area contributed by atoms with Crippen molar-refractivity contribution in [3.05, 3.63) is 29.6 Å². The molecule has 0 fully saturated rings. The van der Waals surface area contributed by atoms with Crippen molar-refractivity contribution in [1.29, 1.82) is 0 Å². The Labute approximate surface area is 144 Å². The summed E-state index contributed by atoms with van der Waals surface area (Å²) in [5.41, 5.74) is 0.733. The molecule has 1 rings (SSSR count). The number of thioether (sulfide) groups is 1. The number of ether oxygens (including phenoxy) is 1. The summed E-state index contributed by atoms with van der Waals surface area (Å²) in [7, 11) is 0. The van der Waals surface area contributed by atoms with Gasteiger partial charge in [0.05, 0.1) is 13.0 Å². The normalized spacial score (nSPS) is 12.2. The molecule has 2 nitrogen and oxygen atoms in total. The lowest BCUT2D eigenvalue weighted by Crippen LogP contribution is -2.14. The number of rotatable bonds is 11. The molecular formula is C19H29FO2S. The van der Waals surface area contributed by atoms with Gasteiger partial charge < -0.3 is 4.74 Å². The van der Waals surface area contributed by atoms with E-state index >= 15 is 0 Å². The highest BCUT2D eigenvalue weighted by atomic mass is 32.2. The lowest BCUT2D eigenvalue weighted by Gasteiger charge is -2.14. The second-order valence-corrected chi connectivity index (χ2v) is 6.90. The molecule has 1 aromatic carbocycles. The molecule has 1 unspecified atom stereocenters. The van der Waals surface area contributed by atoms with E-state index in [0.717, 1.165) is 23.3 Å². The Kier molecular flexibility index (Phi) is 10.0. The summed E-state index contributed by atoms with van der Waals surface area (Å²) in [5.74, 6) is 0.784. The van der Waals surface area contributed by atoms with Gasteiger partial charge in [-0.25, -0.2) is 4.39 Å². The van der Waals surface area contributed by atoms with E-state index in [4.69, 9.17) is 4.74 Å². The van der Waals surface area contributed by atoms with Crippen molar-refractivity contribution in [3.8, 4) is 0 Å². The van der Waals surface area contributed by atoms with Crippen LogP contribution in [0.15, 0.2) is 23.1 Å². The van der Waals surface area contributed by atoms with Crippen molar-refractivity contribution in [2.45, 2.75) is 64.2 Å². The minimum atomic E-state index is -0.165. The van der Waals surface area contributed by atoms with E-state index in [1.54, 1.807) is 6.07 Å².